The van der Waals surface area contributed by atoms with Crippen LogP contribution < -0.4 is 4.74 Å². The van der Waals surface area contributed by atoms with Crippen LogP contribution in [-0.4, -0.2) is 34.6 Å². The predicted molar refractivity (Wildman–Crippen MR) is 105 cm³/mol. The molecule has 27 heavy (non-hydrogen) atoms. The highest BCUT2D eigenvalue weighted by atomic mass is 16.5. The summed E-state index contributed by atoms with van der Waals surface area (Å²) >= 11 is 0. The zero-order chi connectivity index (χ0) is 18.6. The van der Waals surface area contributed by atoms with Gasteiger partial charge in [0.05, 0.1) is 13.2 Å². The fourth-order valence-electron chi connectivity index (χ4n) is 3.51. The summed E-state index contributed by atoms with van der Waals surface area (Å²) in [6.45, 7) is 6.46. The molecule has 1 fully saturated rings. The molecular weight excluding hydrogens is 338 g/mol. The molecule has 3 aromatic rings. The Morgan fingerprint density at radius 3 is 2.63 bits per heavy atom. The van der Waals surface area contributed by atoms with Crippen LogP contribution in [0.3, 0.4) is 0 Å². The molecule has 0 amide bonds. The first-order valence-electron chi connectivity index (χ1n) is 9.51. The van der Waals surface area contributed by atoms with E-state index in [0.717, 1.165) is 48.3 Å². The summed E-state index contributed by atoms with van der Waals surface area (Å²) in [6, 6.07) is 16.4. The molecule has 1 atom stereocenters. The van der Waals surface area contributed by atoms with Crippen molar-refractivity contribution in [3.05, 3.63) is 59.9 Å². The van der Waals surface area contributed by atoms with Gasteiger partial charge in [0.1, 0.15) is 11.6 Å². The van der Waals surface area contributed by atoms with E-state index in [1.54, 1.807) is 0 Å². The second-order valence-corrected chi connectivity index (χ2v) is 7.11. The summed E-state index contributed by atoms with van der Waals surface area (Å²) in [4.78, 5) is 0. The molecule has 0 radical (unpaired) electrons. The molecule has 0 spiro atoms. The minimum atomic E-state index is 0.492. The van der Waals surface area contributed by atoms with Gasteiger partial charge >= 0.3 is 0 Å². The average Bonchev–Trinajstić information content (AvgIpc) is 3.09. The Balaban J connectivity index is 1.54. The largest absolute Gasteiger partial charge is 0.493 e. The standard InChI is InChI=1S/C22H25N3O2/c1-16-6-3-4-8-21(16)22-24-23-17(2)25(22)19-9-11-20(12-10-19)27-15-18-7-5-13-26-14-18/h3-4,6,8-12,18H,5,7,13-15H2,1-2H3. The van der Waals surface area contributed by atoms with Gasteiger partial charge in [0.25, 0.3) is 0 Å². The van der Waals surface area contributed by atoms with Crippen molar-refractivity contribution in [2.75, 3.05) is 19.8 Å². The zero-order valence-corrected chi connectivity index (χ0v) is 15.9. The van der Waals surface area contributed by atoms with Crippen LogP contribution in [0.5, 0.6) is 5.75 Å². The van der Waals surface area contributed by atoms with Crippen LogP contribution in [0, 0.1) is 19.8 Å². The summed E-state index contributed by atoms with van der Waals surface area (Å²) in [6.07, 6.45) is 2.30. The van der Waals surface area contributed by atoms with E-state index in [1.807, 2.05) is 31.2 Å². The number of rotatable bonds is 5. The molecule has 5 heteroatoms. The third-order valence-corrected chi connectivity index (χ3v) is 5.05. The molecule has 2 aromatic carbocycles. The molecule has 0 saturated carbocycles. The van der Waals surface area contributed by atoms with E-state index in [1.165, 1.54) is 12.0 Å². The number of hydrogen-bond donors (Lipinski definition) is 0. The van der Waals surface area contributed by atoms with Gasteiger partial charge in [-0.1, -0.05) is 24.3 Å². The molecule has 0 bridgehead atoms. The fraction of sp³-hybridized carbons (Fsp3) is 0.364. The fourth-order valence-corrected chi connectivity index (χ4v) is 3.51. The molecular formula is C22H25N3O2. The number of aromatic nitrogens is 3. The Labute approximate surface area is 160 Å². The predicted octanol–water partition coefficient (Wildman–Crippen LogP) is 4.36. The molecule has 1 aliphatic rings. The van der Waals surface area contributed by atoms with E-state index >= 15 is 0 Å². The van der Waals surface area contributed by atoms with E-state index in [9.17, 15) is 0 Å². The van der Waals surface area contributed by atoms with Crippen molar-refractivity contribution in [1.82, 2.24) is 14.8 Å². The maximum absolute atomic E-state index is 5.96. The maximum atomic E-state index is 5.96. The normalized spacial score (nSPS) is 17.0. The summed E-state index contributed by atoms with van der Waals surface area (Å²) in [7, 11) is 0. The lowest BCUT2D eigenvalue weighted by molar-refractivity contribution is 0.0352. The SMILES string of the molecule is Cc1ccccc1-c1nnc(C)n1-c1ccc(OCC2CCCOC2)cc1. The van der Waals surface area contributed by atoms with Crippen molar-refractivity contribution in [2.45, 2.75) is 26.7 Å². The van der Waals surface area contributed by atoms with Gasteiger partial charge in [-0.25, -0.2) is 0 Å². The van der Waals surface area contributed by atoms with Gasteiger partial charge in [-0.2, -0.15) is 0 Å². The Morgan fingerprint density at radius 1 is 1.07 bits per heavy atom. The summed E-state index contributed by atoms with van der Waals surface area (Å²) in [5, 5.41) is 8.71. The van der Waals surface area contributed by atoms with E-state index < -0.39 is 0 Å². The molecule has 1 saturated heterocycles. The van der Waals surface area contributed by atoms with Crippen LogP contribution in [0.4, 0.5) is 0 Å². The molecule has 0 aliphatic carbocycles. The highest BCUT2D eigenvalue weighted by Gasteiger charge is 2.16. The number of aryl methyl sites for hydroxylation is 2. The van der Waals surface area contributed by atoms with Crippen LogP contribution in [0.15, 0.2) is 48.5 Å². The molecule has 1 aliphatic heterocycles. The van der Waals surface area contributed by atoms with E-state index in [4.69, 9.17) is 9.47 Å². The van der Waals surface area contributed by atoms with Gasteiger partial charge in [-0.15, -0.1) is 10.2 Å². The van der Waals surface area contributed by atoms with Crippen molar-refractivity contribution < 1.29 is 9.47 Å². The van der Waals surface area contributed by atoms with Gasteiger partial charge in [-0.3, -0.25) is 4.57 Å². The van der Waals surface area contributed by atoms with E-state index in [-0.39, 0.29) is 0 Å². The molecule has 4 rings (SSSR count). The van der Waals surface area contributed by atoms with E-state index in [2.05, 4.69) is 46.0 Å². The first-order chi connectivity index (χ1) is 13.2. The number of hydrogen-bond acceptors (Lipinski definition) is 4. The first kappa shape index (κ1) is 17.7. The van der Waals surface area contributed by atoms with Crippen molar-refractivity contribution in [1.29, 1.82) is 0 Å². The van der Waals surface area contributed by atoms with E-state index in [0.29, 0.717) is 12.5 Å². The highest BCUT2D eigenvalue weighted by Crippen LogP contribution is 2.26. The number of ether oxygens (including phenoxy) is 2. The summed E-state index contributed by atoms with van der Waals surface area (Å²) in [5.41, 5.74) is 3.31. The maximum Gasteiger partial charge on any atom is 0.168 e. The van der Waals surface area contributed by atoms with Gasteiger partial charge in [0, 0.05) is 23.8 Å². The summed E-state index contributed by atoms with van der Waals surface area (Å²) < 4.78 is 13.6. The summed E-state index contributed by atoms with van der Waals surface area (Å²) in [5.74, 6) is 3.10. The van der Waals surface area contributed by atoms with Crippen LogP contribution in [0.25, 0.3) is 17.1 Å². The van der Waals surface area contributed by atoms with Gasteiger partial charge in [0.2, 0.25) is 0 Å². The third kappa shape index (κ3) is 3.88. The van der Waals surface area contributed by atoms with Crippen LogP contribution in [-0.2, 0) is 4.74 Å². The average molecular weight is 363 g/mol. The molecule has 2 heterocycles. The lowest BCUT2D eigenvalue weighted by Crippen LogP contribution is -2.23. The second kappa shape index (κ2) is 7.92. The van der Waals surface area contributed by atoms with Crippen LogP contribution in [0.1, 0.15) is 24.2 Å². The second-order valence-electron chi connectivity index (χ2n) is 7.11. The van der Waals surface area contributed by atoms with Crippen molar-refractivity contribution in [2.24, 2.45) is 5.92 Å². The lowest BCUT2D eigenvalue weighted by atomic mass is 10.0. The minimum Gasteiger partial charge on any atom is -0.493 e. The Hall–Kier alpha value is -2.66. The Morgan fingerprint density at radius 2 is 1.89 bits per heavy atom. The minimum absolute atomic E-state index is 0.492. The first-order valence-corrected chi connectivity index (χ1v) is 9.51. The molecule has 1 unspecified atom stereocenters. The van der Waals surface area contributed by atoms with Gasteiger partial charge in [0.15, 0.2) is 5.82 Å². The van der Waals surface area contributed by atoms with Crippen molar-refractivity contribution >= 4 is 0 Å². The monoisotopic (exact) mass is 363 g/mol. The zero-order valence-electron chi connectivity index (χ0n) is 15.9. The lowest BCUT2D eigenvalue weighted by Gasteiger charge is -2.22. The van der Waals surface area contributed by atoms with Crippen molar-refractivity contribution in [3.8, 4) is 22.8 Å². The molecule has 0 N–H and O–H groups in total. The van der Waals surface area contributed by atoms with Crippen molar-refractivity contribution in [3.63, 3.8) is 0 Å². The Kier molecular flexibility index (Phi) is 5.21. The topological polar surface area (TPSA) is 49.2 Å². The quantitative estimate of drug-likeness (QED) is 0.676. The Bertz CT molecular complexity index is 896. The third-order valence-electron chi connectivity index (χ3n) is 5.05. The molecule has 140 valence electrons. The molecule has 1 aromatic heterocycles. The highest BCUT2D eigenvalue weighted by molar-refractivity contribution is 5.62. The smallest absolute Gasteiger partial charge is 0.168 e. The number of nitrogens with zero attached hydrogens (tertiary/aromatic N) is 3. The van der Waals surface area contributed by atoms with Crippen LogP contribution in [0.2, 0.25) is 0 Å². The number of benzene rings is 2. The molecule has 5 nitrogen and oxygen atoms in total. The van der Waals surface area contributed by atoms with Gasteiger partial charge in [-0.05, 0) is 56.5 Å². The van der Waals surface area contributed by atoms with Gasteiger partial charge < -0.3 is 9.47 Å². The van der Waals surface area contributed by atoms with Crippen LogP contribution >= 0.6 is 0 Å².